The summed E-state index contributed by atoms with van der Waals surface area (Å²) in [4.78, 5) is 22.9. The Morgan fingerprint density at radius 1 is 1.33 bits per heavy atom. The summed E-state index contributed by atoms with van der Waals surface area (Å²) >= 11 is 0. The molecule has 1 heterocycles. The number of amides is 3. The highest BCUT2D eigenvalue weighted by Crippen LogP contribution is 2.09. The van der Waals surface area contributed by atoms with Crippen LogP contribution in [-0.4, -0.2) is 46.3 Å². The van der Waals surface area contributed by atoms with E-state index in [1.54, 1.807) is 13.8 Å². The molecule has 1 unspecified atom stereocenters. The Morgan fingerprint density at radius 3 is 2.50 bits per heavy atom. The average Bonchev–Trinajstić information content (AvgIpc) is 2.32. The van der Waals surface area contributed by atoms with E-state index in [9.17, 15) is 13.8 Å². The molecule has 0 radical (unpaired) electrons. The van der Waals surface area contributed by atoms with Gasteiger partial charge < -0.3 is 10.6 Å². The second-order valence-corrected chi connectivity index (χ2v) is 6.06. The van der Waals surface area contributed by atoms with E-state index in [2.05, 4.69) is 16.0 Å². The molecule has 0 aromatic carbocycles. The fraction of sp³-hybridized carbons (Fsp3) is 0.818. The molecule has 1 saturated heterocycles. The Morgan fingerprint density at radius 2 is 1.94 bits per heavy atom. The van der Waals surface area contributed by atoms with Crippen molar-refractivity contribution in [3.05, 3.63) is 0 Å². The van der Waals surface area contributed by atoms with Crippen molar-refractivity contribution in [1.82, 2.24) is 16.0 Å². The number of urea groups is 1. The lowest BCUT2D eigenvalue weighted by Crippen LogP contribution is -2.51. The highest BCUT2D eigenvalue weighted by atomic mass is 32.2. The molecule has 1 aliphatic rings. The van der Waals surface area contributed by atoms with Crippen molar-refractivity contribution < 1.29 is 13.8 Å². The Hall–Kier alpha value is -0.950. The maximum atomic E-state index is 11.7. The van der Waals surface area contributed by atoms with Crippen LogP contribution < -0.4 is 16.0 Å². The minimum absolute atomic E-state index is 0.206. The first-order valence-corrected chi connectivity index (χ1v) is 7.71. The van der Waals surface area contributed by atoms with Crippen LogP contribution in [0.1, 0.15) is 26.7 Å². The first-order valence-electron chi connectivity index (χ1n) is 6.22. The van der Waals surface area contributed by atoms with Gasteiger partial charge >= 0.3 is 6.03 Å². The summed E-state index contributed by atoms with van der Waals surface area (Å²) < 4.78 is 11.2. The third-order valence-electron chi connectivity index (χ3n) is 2.84. The summed E-state index contributed by atoms with van der Waals surface area (Å²) in [6.07, 6.45) is 1.62. The number of carbonyl (C=O) groups is 2. The van der Waals surface area contributed by atoms with Crippen molar-refractivity contribution in [2.24, 2.45) is 0 Å². The zero-order valence-electron chi connectivity index (χ0n) is 10.8. The van der Waals surface area contributed by atoms with E-state index in [4.69, 9.17) is 0 Å². The number of nitrogens with one attached hydrogen (secondary N) is 3. The molecule has 1 fully saturated rings. The number of hydrogen-bond acceptors (Lipinski definition) is 4. The molecule has 1 rings (SSSR count). The van der Waals surface area contributed by atoms with Gasteiger partial charge in [-0.05, 0) is 26.7 Å². The van der Waals surface area contributed by atoms with E-state index in [0.29, 0.717) is 18.1 Å². The quantitative estimate of drug-likeness (QED) is 0.658. The molecular formula is C11H21N3O3S. The van der Waals surface area contributed by atoms with Gasteiger partial charge in [0, 0.05) is 34.9 Å². The van der Waals surface area contributed by atoms with Crippen molar-refractivity contribution in [3.63, 3.8) is 0 Å². The van der Waals surface area contributed by atoms with Gasteiger partial charge in [0.05, 0.1) is 6.04 Å². The lowest BCUT2D eigenvalue weighted by atomic mass is 10.1. The van der Waals surface area contributed by atoms with E-state index in [-0.39, 0.29) is 11.9 Å². The minimum atomic E-state index is -0.703. The van der Waals surface area contributed by atoms with Crippen LogP contribution in [0.4, 0.5) is 4.79 Å². The van der Waals surface area contributed by atoms with Crippen LogP contribution in [0.5, 0.6) is 0 Å². The third-order valence-corrected chi connectivity index (χ3v) is 4.22. The monoisotopic (exact) mass is 275 g/mol. The zero-order chi connectivity index (χ0) is 13.5. The Labute approximate surface area is 110 Å². The smallest absolute Gasteiger partial charge is 0.321 e. The van der Waals surface area contributed by atoms with Crippen molar-refractivity contribution >= 4 is 22.7 Å². The Bertz CT molecular complexity index is 325. The molecule has 0 spiro atoms. The topological polar surface area (TPSA) is 87.3 Å². The van der Waals surface area contributed by atoms with Crippen LogP contribution >= 0.6 is 0 Å². The largest absolute Gasteiger partial charge is 0.338 e. The molecule has 7 heteroatoms. The minimum Gasteiger partial charge on any atom is -0.338 e. The van der Waals surface area contributed by atoms with Gasteiger partial charge in [-0.3, -0.25) is 14.3 Å². The van der Waals surface area contributed by atoms with Gasteiger partial charge in [0.1, 0.15) is 0 Å². The van der Waals surface area contributed by atoms with Gasteiger partial charge in [0.25, 0.3) is 0 Å². The second-order valence-electron chi connectivity index (χ2n) is 4.36. The fourth-order valence-corrected chi connectivity index (χ4v) is 3.11. The summed E-state index contributed by atoms with van der Waals surface area (Å²) in [6, 6.07) is -0.692. The number of rotatable bonds is 4. The zero-order valence-corrected chi connectivity index (χ0v) is 11.6. The number of imide groups is 1. The number of carbonyl (C=O) groups excluding carboxylic acids is 2. The first-order chi connectivity index (χ1) is 8.52. The molecule has 0 aromatic rings. The fourth-order valence-electron chi connectivity index (χ4n) is 1.81. The van der Waals surface area contributed by atoms with Gasteiger partial charge in [0.2, 0.25) is 5.91 Å². The van der Waals surface area contributed by atoms with E-state index in [1.807, 2.05) is 0 Å². The molecule has 0 aromatic heterocycles. The predicted molar refractivity (Wildman–Crippen MR) is 70.7 cm³/mol. The molecule has 18 heavy (non-hydrogen) atoms. The molecule has 0 aliphatic carbocycles. The first kappa shape index (κ1) is 15.1. The summed E-state index contributed by atoms with van der Waals surface area (Å²) in [6.45, 7) is 3.99. The Balaban J connectivity index is 2.31. The lowest BCUT2D eigenvalue weighted by molar-refractivity contribution is -0.121. The van der Waals surface area contributed by atoms with Crippen LogP contribution in [0.15, 0.2) is 0 Å². The van der Waals surface area contributed by atoms with Gasteiger partial charge in [-0.2, -0.15) is 0 Å². The standard InChI is InChI=1S/C11H21N3O3S/c1-3-12-11(16)14-10(15)8(2)13-9-4-6-18(17)7-5-9/h8-9,13H,3-7H2,1-2H3,(H2,12,14,15,16). The molecule has 1 atom stereocenters. The highest BCUT2D eigenvalue weighted by Gasteiger charge is 2.22. The second kappa shape index (κ2) is 7.48. The molecule has 6 nitrogen and oxygen atoms in total. The summed E-state index contributed by atoms with van der Waals surface area (Å²) in [7, 11) is -0.703. The highest BCUT2D eigenvalue weighted by molar-refractivity contribution is 7.85. The summed E-state index contributed by atoms with van der Waals surface area (Å²) in [5.41, 5.74) is 0. The molecule has 3 amide bonds. The van der Waals surface area contributed by atoms with Crippen LogP contribution in [0.2, 0.25) is 0 Å². The molecule has 1 aliphatic heterocycles. The van der Waals surface area contributed by atoms with E-state index < -0.39 is 22.9 Å². The molecule has 0 saturated carbocycles. The van der Waals surface area contributed by atoms with Crippen LogP contribution in [-0.2, 0) is 15.6 Å². The van der Waals surface area contributed by atoms with Crippen LogP contribution in [0, 0.1) is 0 Å². The number of hydrogen-bond donors (Lipinski definition) is 3. The molecular weight excluding hydrogens is 254 g/mol. The van der Waals surface area contributed by atoms with Crippen molar-refractivity contribution in [2.45, 2.75) is 38.8 Å². The van der Waals surface area contributed by atoms with Crippen molar-refractivity contribution in [1.29, 1.82) is 0 Å². The molecule has 0 bridgehead atoms. The van der Waals surface area contributed by atoms with Gasteiger partial charge in [-0.25, -0.2) is 4.79 Å². The van der Waals surface area contributed by atoms with Gasteiger partial charge in [0.15, 0.2) is 0 Å². The summed E-state index contributed by atoms with van der Waals surface area (Å²) in [5, 5.41) is 7.93. The SMILES string of the molecule is CCNC(=O)NC(=O)C(C)NC1CCS(=O)CC1. The van der Waals surface area contributed by atoms with Crippen molar-refractivity contribution in [3.8, 4) is 0 Å². The maximum Gasteiger partial charge on any atom is 0.321 e. The van der Waals surface area contributed by atoms with Crippen molar-refractivity contribution in [2.75, 3.05) is 18.1 Å². The molecule has 3 N–H and O–H groups in total. The maximum absolute atomic E-state index is 11.7. The normalized spacial score (nSPS) is 25.2. The third kappa shape index (κ3) is 5.14. The molecule has 104 valence electrons. The van der Waals surface area contributed by atoms with Gasteiger partial charge in [-0.1, -0.05) is 0 Å². The van der Waals surface area contributed by atoms with E-state index >= 15 is 0 Å². The van der Waals surface area contributed by atoms with Crippen LogP contribution in [0.25, 0.3) is 0 Å². The van der Waals surface area contributed by atoms with E-state index in [0.717, 1.165) is 12.8 Å². The van der Waals surface area contributed by atoms with E-state index in [1.165, 1.54) is 0 Å². The lowest BCUT2D eigenvalue weighted by Gasteiger charge is -2.25. The summed E-state index contributed by atoms with van der Waals surface area (Å²) in [5.74, 6) is 1.03. The van der Waals surface area contributed by atoms with Gasteiger partial charge in [-0.15, -0.1) is 0 Å². The predicted octanol–water partition coefficient (Wildman–Crippen LogP) is -0.279. The van der Waals surface area contributed by atoms with Crippen LogP contribution in [0.3, 0.4) is 0 Å². The average molecular weight is 275 g/mol. The Kier molecular flexibility index (Phi) is 6.28.